The van der Waals surface area contributed by atoms with Crippen LogP contribution in [-0.2, 0) is 0 Å². The molecule has 92 valence electrons. The minimum atomic E-state index is -1.14. The normalized spacial score (nSPS) is 12.2. The standard InChI is InChI=1S/C11H10F2N2O.ClH/c1-5(14)7-4-15-11(16)9-6(7)2-3-8(12)10(9)13;/h2-5H,14H2,1H3,(H,15,16);1H. The smallest absolute Gasteiger partial charge is 0.258 e. The Morgan fingerprint density at radius 1 is 1.35 bits per heavy atom. The lowest BCUT2D eigenvalue weighted by atomic mass is 10.0. The average Bonchev–Trinajstić information content (AvgIpc) is 2.23. The summed E-state index contributed by atoms with van der Waals surface area (Å²) in [5.74, 6) is -2.18. The van der Waals surface area contributed by atoms with Gasteiger partial charge in [-0.2, -0.15) is 0 Å². The van der Waals surface area contributed by atoms with Crippen molar-refractivity contribution >= 4 is 23.2 Å². The Morgan fingerprint density at radius 3 is 2.59 bits per heavy atom. The molecular weight excluding hydrogens is 250 g/mol. The summed E-state index contributed by atoms with van der Waals surface area (Å²) in [5, 5.41) is 0.0625. The summed E-state index contributed by atoms with van der Waals surface area (Å²) < 4.78 is 26.5. The van der Waals surface area contributed by atoms with E-state index in [-0.39, 0.29) is 23.8 Å². The molecule has 0 fully saturated rings. The lowest BCUT2D eigenvalue weighted by molar-refractivity contribution is 0.516. The number of aromatic amines is 1. The lowest BCUT2D eigenvalue weighted by Crippen LogP contribution is -2.14. The van der Waals surface area contributed by atoms with Gasteiger partial charge in [-0.3, -0.25) is 4.79 Å². The fourth-order valence-electron chi connectivity index (χ4n) is 1.68. The van der Waals surface area contributed by atoms with Gasteiger partial charge in [-0.05, 0) is 23.9 Å². The zero-order valence-electron chi connectivity index (χ0n) is 8.96. The monoisotopic (exact) mass is 260 g/mol. The van der Waals surface area contributed by atoms with Gasteiger partial charge in [-0.1, -0.05) is 6.07 Å². The summed E-state index contributed by atoms with van der Waals surface area (Å²) in [6.45, 7) is 1.70. The summed E-state index contributed by atoms with van der Waals surface area (Å²) in [7, 11) is 0. The zero-order valence-corrected chi connectivity index (χ0v) is 9.78. The molecule has 0 bridgehead atoms. The van der Waals surface area contributed by atoms with Gasteiger partial charge >= 0.3 is 0 Å². The van der Waals surface area contributed by atoms with Gasteiger partial charge in [0.2, 0.25) is 0 Å². The molecule has 0 aliphatic heterocycles. The average molecular weight is 261 g/mol. The molecule has 1 aromatic carbocycles. The number of nitrogens with one attached hydrogen (secondary N) is 1. The van der Waals surface area contributed by atoms with E-state index in [9.17, 15) is 13.6 Å². The highest BCUT2D eigenvalue weighted by Gasteiger charge is 2.14. The molecule has 3 nitrogen and oxygen atoms in total. The molecule has 2 aromatic rings. The quantitative estimate of drug-likeness (QED) is 0.826. The predicted molar refractivity (Wildman–Crippen MR) is 64.3 cm³/mol. The van der Waals surface area contributed by atoms with Gasteiger partial charge in [0.15, 0.2) is 11.6 Å². The van der Waals surface area contributed by atoms with Crippen molar-refractivity contribution in [2.24, 2.45) is 5.73 Å². The maximum atomic E-state index is 13.5. The Labute approximate surface area is 102 Å². The first-order valence-corrected chi connectivity index (χ1v) is 4.77. The second kappa shape index (κ2) is 4.81. The van der Waals surface area contributed by atoms with Crippen LogP contribution in [-0.4, -0.2) is 4.98 Å². The first kappa shape index (κ1) is 13.6. The fraction of sp³-hybridized carbons (Fsp3) is 0.182. The first-order chi connectivity index (χ1) is 7.52. The van der Waals surface area contributed by atoms with Gasteiger partial charge in [0.05, 0.1) is 5.39 Å². The van der Waals surface area contributed by atoms with Crippen LogP contribution in [0, 0.1) is 11.6 Å². The van der Waals surface area contributed by atoms with Gasteiger partial charge in [0.25, 0.3) is 5.56 Å². The maximum absolute atomic E-state index is 13.5. The molecule has 3 N–H and O–H groups in total. The zero-order chi connectivity index (χ0) is 11.9. The number of benzene rings is 1. The highest BCUT2D eigenvalue weighted by Crippen LogP contribution is 2.23. The van der Waals surface area contributed by atoms with Gasteiger partial charge in [0.1, 0.15) is 0 Å². The minimum Gasteiger partial charge on any atom is -0.328 e. The fourth-order valence-corrected chi connectivity index (χ4v) is 1.68. The van der Waals surface area contributed by atoms with E-state index in [1.165, 1.54) is 12.3 Å². The van der Waals surface area contributed by atoms with Gasteiger partial charge in [-0.25, -0.2) is 8.78 Å². The van der Waals surface area contributed by atoms with Crippen LogP contribution in [0.1, 0.15) is 18.5 Å². The topological polar surface area (TPSA) is 58.9 Å². The van der Waals surface area contributed by atoms with Crippen LogP contribution in [0.25, 0.3) is 10.8 Å². The van der Waals surface area contributed by atoms with Crippen LogP contribution in [0.4, 0.5) is 8.78 Å². The van der Waals surface area contributed by atoms with Crippen LogP contribution in [0.3, 0.4) is 0 Å². The van der Waals surface area contributed by atoms with E-state index in [4.69, 9.17) is 5.73 Å². The number of halogens is 3. The number of pyridine rings is 1. The highest BCUT2D eigenvalue weighted by molar-refractivity contribution is 5.86. The summed E-state index contributed by atoms with van der Waals surface area (Å²) in [6, 6.07) is 1.98. The van der Waals surface area contributed by atoms with E-state index >= 15 is 0 Å². The van der Waals surface area contributed by atoms with Crippen molar-refractivity contribution in [2.45, 2.75) is 13.0 Å². The van der Waals surface area contributed by atoms with E-state index in [0.29, 0.717) is 10.9 Å². The largest absolute Gasteiger partial charge is 0.328 e. The van der Waals surface area contributed by atoms with Gasteiger partial charge in [-0.15, -0.1) is 12.4 Å². The molecule has 0 saturated heterocycles. The Kier molecular flexibility index (Phi) is 3.85. The molecule has 17 heavy (non-hydrogen) atoms. The van der Waals surface area contributed by atoms with Crippen LogP contribution in [0.15, 0.2) is 23.1 Å². The molecule has 0 spiro atoms. The lowest BCUT2D eigenvalue weighted by Gasteiger charge is -2.09. The van der Waals surface area contributed by atoms with Crippen molar-refractivity contribution in [1.82, 2.24) is 4.98 Å². The van der Waals surface area contributed by atoms with Crippen molar-refractivity contribution in [1.29, 1.82) is 0 Å². The Bertz CT molecular complexity index is 610. The third-order valence-corrected chi connectivity index (χ3v) is 2.48. The minimum absolute atomic E-state index is 0. The summed E-state index contributed by atoms with van der Waals surface area (Å²) in [5.41, 5.74) is 5.60. The number of rotatable bonds is 1. The predicted octanol–water partition coefficient (Wildman–Crippen LogP) is 2.25. The van der Waals surface area contributed by atoms with E-state index in [2.05, 4.69) is 4.98 Å². The van der Waals surface area contributed by atoms with Crippen LogP contribution in [0.2, 0.25) is 0 Å². The SMILES string of the molecule is CC(N)c1c[nH]c(=O)c2c(F)c(F)ccc12.Cl. The van der Waals surface area contributed by atoms with Crippen molar-refractivity contribution in [3.63, 3.8) is 0 Å². The number of aromatic nitrogens is 1. The van der Waals surface area contributed by atoms with Crippen molar-refractivity contribution < 1.29 is 8.78 Å². The highest BCUT2D eigenvalue weighted by atomic mass is 35.5. The second-order valence-corrected chi connectivity index (χ2v) is 3.65. The van der Waals surface area contributed by atoms with E-state index in [1.54, 1.807) is 6.92 Å². The van der Waals surface area contributed by atoms with Crippen LogP contribution < -0.4 is 11.3 Å². The molecule has 1 heterocycles. The molecule has 0 aliphatic carbocycles. The van der Waals surface area contributed by atoms with Crippen LogP contribution in [0.5, 0.6) is 0 Å². The van der Waals surface area contributed by atoms with Crippen molar-refractivity contribution in [2.75, 3.05) is 0 Å². The summed E-state index contributed by atoms with van der Waals surface area (Å²) in [4.78, 5) is 13.8. The molecule has 1 aromatic heterocycles. The second-order valence-electron chi connectivity index (χ2n) is 3.65. The molecule has 6 heteroatoms. The van der Waals surface area contributed by atoms with Crippen LogP contribution >= 0.6 is 12.4 Å². The number of fused-ring (bicyclic) bond motifs is 1. The first-order valence-electron chi connectivity index (χ1n) is 4.77. The number of nitrogens with two attached hydrogens (primary N) is 1. The van der Waals surface area contributed by atoms with Crippen molar-refractivity contribution in [3.05, 3.63) is 45.9 Å². The third kappa shape index (κ3) is 2.16. The van der Waals surface area contributed by atoms with Crippen molar-refractivity contribution in [3.8, 4) is 0 Å². The summed E-state index contributed by atoms with van der Waals surface area (Å²) >= 11 is 0. The molecule has 1 atom stereocenters. The van der Waals surface area contributed by atoms with E-state index < -0.39 is 17.2 Å². The molecule has 0 aliphatic rings. The number of hydrogen-bond acceptors (Lipinski definition) is 2. The van der Waals surface area contributed by atoms with E-state index in [1.807, 2.05) is 0 Å². The summed E-state index contributed by atoms with van der Waals surface area (Å²) in [6.07, 6.45) is 1.42. The Morgan fingerprint density at radius 2 is 2.00 bits per heavy atom. The molecular formula is C11H11ClF2N2O. The Hall–Kier alpha value is -1.46. The molecule has 0 amide bonds. The van der Waals surface area contributed by atoms with E-state index in [0.717, 1.165) is 6.07 Å². The number of H-pyrrole nitrogens is 1. The third-order valence-electron chi connectivity index (χ3n) is 2.48. The Balaban J connectivity index is 0.00000144. The number of hydrogen-bond donors (Lipinski definition) is 2. The maximum Gasteiger partial charge on any atom is 0.258 e. The van der Waals surface area contributed by atoms with Gasteiger partial charge in [0, 0.05) is 12.2 Å². The molecule has 2 rings (SSSR count). The molecule has 0 radical (unpaired) electrons. The molecule has 0 saturated carbocycles. The molecule has 1 unspecified atom stereocenters. The van der Waals surface area contributed by atoms with Gasteiger partial charge < -0.3 is 10.7 Å².